The molecule has 1 saturated heterocycles. The van der Waals surface area contributed by atoms with Crippen molar-refractivity contribution < 1.29 is 9.53 Å². The number of amides is 1. The summed E-state index contributed by atoms with van der Waals surface area (Å²) < 4.78 is 5.87. The minimum absolute atomic E-state index is 0.0967. The van der Waals surface area contributed by atoms with Crippen molar-refractivity contribution in [3.8, 4) is 5.75 Å². The number of hydrazine groups is 1. The normalized spacial score (nSPS) is 21.2. The van der Waals surface area contributed by atoms with E-state index in [-0.39, 0.29) is 18.1 Å². The Morgan fingerprint density at radius 3 is 2.94 bits per heavy atom. The number of hydrogen-bond donors (Lipinski definition) is 6. The minimum Gasteiger partial charge on any atom is -0.493 e. The molecular formula is C25H33N9O2. The molecule has 3 heterocycles. The monoisotopic (exact) mass is 491 g/mol. The third-order valence-electron chi connectivity index (χ3n) is 6.68. The maximum absolute atomic E-state index is 14.0. The van der Waals surface area contributed by atoms with Crippen molar-refractivity contribution in [3.63, 3.8) is 0 Å². The molecule has 3 atom stereocenters. The van der Waals surface area contributed by atoms with Gasteiger partial charge in [-0.25, -0.2) is 5.84 Å². The van der Waals surface area contributed by atoms with Crippen molar-refractivity contribution in [3.05, 3.63) is 65.1 Å². The van der Waals surface area contributed by atoms with Crippen LogP contribution >= 0.6 is 0 Å². The first-order chi connectivity index (χ1) is 17.5. The number of carbonyl (C=O) groups is 1. The van der Waals surface area contributed by atoms with Crippen LogP contribution in [0.15, 0.2) is 59.0 Å². The second-order valence-electron chi connectivity index (χ2n) is 9.04. The van der Waals surface area contributed by atoms with Crippen molar-refractivity contribution in [2.45, 2.75) is 38.6 Å². The van der Waals surface area contributed by atoms with E-state index < -0.39 is 6.17 Å². The summed E-state index contributed by atoms with van der Waals surface area (Å²) in [6.07, 6.45) is 1.73. The lowest BCUT2D eigenvalue weighted by atomic mass is 9.99. The van der Waals surface area contributed by atoms with Crippen LogP contribution in [0.4, 0.5) is 11.4 Å². The fraction of sp³-hybridized carbons (Fsp3) is 0.360. The molecule has 11 nitrogen and oxygen atoms in total. The fourth-order valence-corrected chi connectivity index (χ4v) is 4.76. The topological polar surface area (TPSA) is 145 Å². The maximum atomic E-state index is 14.0. The molecule has 0 saturated carbocycles. The van der Waals surface area contributed by atoms with E-state index in [4.69, 9.17) is 16.3 Å². The van der Waals surface area contributed by atoms with E-state index in [2.05, 4.69) is 26.3 Å². The lowest BCUT2D eigenvalue weighted by molar-refractivity contribution is 0.0956. The first-order valence-electron chi connectivity index (χ1n) is 12.2. The number of aryl methyl sites for hydroxylation is 1. The largest absolute Gasteiger partial charge is 0.493 e. The van der Waals surface area contributed by atoms with Gasteiger partial charge in [0, 0.05) is 17.4 Å². The van der Waals surface area contributed by atoms with Crippen LogP contribution in [0.5, 0.6) is 5.75 Å². The number of fused-ring (bicyclic) bond motifs is 2. The maximum Gasteiger partial charge on any atom is 0.262 e. The third-order valence-corrected chi connectivity index (χ3v) is 6.68. The number of rotatable bonds is 8. The van der Waals surface area contributed by atoms with Gasteiger partial charge in [0.05, 0.1) is 36.9 Å². The van der Waals surface area contributed by atoms with E-state index >= 15 is 0 Å². The highest BCUT2D eigenvalue weighted by Gasteiger charge is 2.40. The molecule has 11 heteroatoms. The average molecular weight is 492 g/mol. The van der Waals surface area contributed by atoms with E-state index in [1.165, 1.54) is 0 Å². The Kier molecular flexibility index (Phi) is 6.68. The van der Waals surface area contributed by atoms with E-state index in [1.54, 1.807) is 16.2 Å². The van der Waals surface area contributed by atoms with Gasteiger partial charge in [0.1, 0.15) is 23.9 Å². The van der Waals surface area contributed by atoms with Crippen molar-refractivity contribution in [1.82, 2.24) is 21.0 Å². The molecule has 0 spiro atoms. The van der Waals surface area contributed by atoms with Crippen molar-refractivity contribution in [2.24, 2.45) is 16.6 Å². The number of anilines is 2. The van der Waals surface area contributed by atoms with Crippen LogP contribution < -0.4 is 42.5 Å². The summed E-state index contributed by atoms with van der Waals surface area (Å²) in [7, 11) is 0. The van der Waals surface area contributed by atoms with Crippen LogP contribution in [0.1, 0.15) is 29.3 Å². The molecule has 190 valence electrons. The third kappa shape index (κ3) is 4.32. The first-order valence-corrected chi connectivity index (χ1v) is 12.2. The summed E-state index contributed by atoms with van der Waals surface area (Å²) in [6.45, 7) is 5.59. The summed E-state index contributed by atoms with van der Waals surface area (Å²) in [4.78, 5) is 20.2. The Labute approximate surface area is 210 Å². The van der Waals surface area contributed by atoms with E-state index in [1.807, 2.05) is 56.3 Å². The molecule has 3 aliphatic heterocycles. The number of hydrogen-bond acceptors (Lipinski definition) is 10. The molecule has 0 aliphatic carbocycles. The zero-order valence-corrected chi connectivity index (χ0v) is 20.5. The summed E-state index contributed by atoms with van der Waals surface area (Å²) in [5.41, 5.74) is 9.52. The minimum atomic E-state index is -0.474. The molecular weight excluding hydrogens is 458 g/mol. The Bertz CT molecular complexity index is 1200. The molecule has 8 N–H and O–H groups in total. The Hall–Kier alpha value is -3.80. The van der Waals surface area contributed by atoms with Gasteiger partial charge in [-0.3, -0.25) is 25.0 Å². The first kappa shape index (κ1) is 23.9. The predicted octanol–water partition coefficient (Wildman–Crippen LogP) is 0.962. The highest BCUT2D eigenvalue weighted by molar-refractivity contribution is 6.13. The van der Waals surface area contributed by atoms with Gasteiger partial charge in [-0.1, -0.05) is 18.2 Å². The lowest BCUT2D eigenvalue weighted by Gasteiger charge is -2.44. The number of aliphatic imine (C=N–C) groups is 1. The molecule has 3 aliphatic rings. The fourth-order valence-electron chi connectivity index (χ4n) is 4.76. The molecule has 1 fully saturated rings. The second-order valence-corrected chi connectivity index (χ2v) is 9.04. The zero-order chi connectivity index (χ0) is 25.2. The summed E-state index contributed by atoms with van der Waals surface area (Å²) >= 11 is 0. The van der Waals surface area contributed by atoms with Crippen LogP contribution in [-0.2, 0) is 0 Å². The van der Waals surface area contributed by atoms with Gasteiger partial charge < -0.3 is 26.4 Å². The number of nitrogens with one attached hydrogen (secondary N) is 4. The van der Waals surface area contributed by atoms with Crippen LogP contribution in [-0.4, -0.2) is 55.4 Å². The van der Waals surface area contributed by atoms with Gasteiger partial charge in [0.15, 0.2) is 0 Å². The number of ether oxygens (including phenoxy) is 1. The van der Waals surface area contributed by atoms with E-state index in [9.17, 15) is 4.79 Å². The Balaban J connectivity index is 1.52. The van der Waals surface area contributed by atoms with Crippen molar-refractivity contribution in [1.29, 1.82) is 0 Å². The molecule has 2 aromatic rings. The van der Waals surface area contributed by atoms with Crippen LogP contribution in [0, 0.1) is 6.92 Å². The molecule has 1 amide bonds. The lowest BCUT2D eigenvalue weighted by Crippen LogP contribution is -2.61. The molecule has 3 unspecified atom stereocenters. The average Bonchev–Trinajstić information content (AvgIpc) is 3.37. The van der Waals surface area contributed by atoms with Gasteiger partial charge in [-0.2, -0.15) is 0 Å². The van der Waals surface area contributed by atoms with Gasteiger partial charge >= 0.3 is 0 Å². The highest BCUT2D eigenvalue weighted by atomic mass is 16.5. The smallest absolute Gasteiger partial charge is 0.262 e. The SMILES string of the molecule is Cc1cccc2c1C(=O)N(c1cccc(OCCCN)c1)C(C(C)N(N)C1=C3NCNC3N=CN1)N2. The van der Waals surface area contributed by atoms with Crippen molar-refractivity contribution >= 4 is 23.6 Å². The van der Waals surface area contributed by atoms with Gasteiger partial charge in [0.25, 0.3) is 5.91 Å². The number of nitrogens with zero attached hydrogens (tertiary/aromatic N) is 3. The van der Waals surface area contributed by atoms with Gasteiger partial charge in [-0.05, 0) is 50.6 Å². The predicted molar refractivity (Wildman–Crippen MR) is 140 cm³/mol. The van der Waals surface area contributed by atoms with Crippen LogP contribution in [0.2, 0.25) is 0 Å². The number of benzene rings is 2. The summed E-state index contributed by atoms with van der Waals surface area (Å²) in [5, 5.41) is 14.9. The van der Waals surface area contributed by atoms with Crippen LogP contribution in [0.3, 0.4) is 0 Å². The molecule has 2 aromatic carbocycles. The van der Waals surface area contributed by atoms with Gasteiger partial charge in [0.2, 0.25) is 0 Å². The Morgan fingerprint density at radius 2 is 2.11 bits per heavy atom. The number of carbonyl (C=O) groups excluding carboxylic acids is 1. The highest BCUT2D eigenvalue weighted by Crippen LogP contribution is 2.35. The summed E-state index contributed by atoms with van der Waals surface area (Å²) in [5.74, 6) is 7.98. The van der Waals surface area contributed by atoms with E-state index in [0.29, 0.717) is 42.6 Å². The van der Waals surface area contributed by atoms with Gasteiger partial charge in [-0.15, -0.1) is 0 Å². The second kappa shape index (κ2) is 10.1. The molecule has 0 bridgehead atoms. The zero-order valence-electron chi connectivity index (χ0n) is 20.5. The standard InChI is InChI=1S/C25H33N9O2/c1-15-6-3-9-19-20(15)25(35)33(17-7-4-8-18(12-17)36-11-5-10-26)23(32-19)16(2)34(27)24-21-22(29-13-28-21)30-14-31-24/h3-4,6-9,12,14,16,22-23,28-29,32H,5,10-11,13,26-27H2,1-2H3,(H,30,31). The van der Waals surface area contributed by atoms with E-state index in [0.717, 1.165) is 23.4 Å². The molecule has 5 rings (SSSR count). The quantitative estimate of drug-likeness (QED) is 0.181. The van der Waals surface area contributed by atoms with Crippen molar-refractivity contribution in [2.75, 3.05) is 30.0 Å². The molecule has 0 aromatic heterocycles. The Morgan fingerprint density at radius 1 is 1.28 bits per heavy atom. The summed E-state index contributed by atoms with van der Waals surface area (Å²) in [6, 6.07) is 13.0. The number of nitrogens with two attached hydrogens (primary N) is 2. The van der Waals surface area contributed by atoms with Crippen LogP contribution in [0.25, 0.3) is 0 Å². The molecule has 0 radical (unpaired) electrons. The molecule has 36 heavy (non-hydrogen) atoms.